The molecule has 0 aliphatic heterocycles. The Hall–Kier alpha value is -0.900. The summed E-state index contributed by atoms with van der Waals surface area (Å²) in [5, 5.41) is 4.04. The molecule has 1 aliphatic carbocycles. The number of aryl methyl sites for hydroxylation is 1. The van der Waals surface area contributed by atoms with Crippen molar-refractivity contribution in [2.75, 3.05) is 0 Å². The van der Waals surface area contributed by atoms with E-state index < -0.39 is 0 Å². The molecule has 1 fully saturated rings. The third kappa shape index (κ3) is 3.06. The molecule has 0 spiro atoms. The van der Waals surface area contributed by atoms with Gasteiger partial charge in [-0.1, -0.05) is 38.8 Å². The number of nitrogens with zero attached hydrogens (tertiary/aromatic N) is 2. The Labute approximate surface area is 103 Å². The molecule has 2 N–H and O–H groups in total. The maximum absolute atomic E-state index is 6.28. The Balaban J connectivity index is 2.01. The van der Waals surface area contributed by atoms with E-state index in [2.05, 4.69) is 30.9 Å². The lowest BCUT2D eigenvalue weighted by Gasteiger charge is -2.17. The highest BCUT2D eigenvalue weighted by Gasteiger charge is 2.36. The normalized spacial score (nSPS) is 19.8. The van der Waals surface area contributed by atoms with Crippen molar-refractivity contribution in [2.45, 2.75) is 64.8 Å². The van der Waals surface area contributed by atoms with Crippen LogP contribution in [0.15, 0.2) is 4.52 Å². The van der Waals surface area contributed by atoms with Crippen LogP contribution in [0.25, 0.3) is 0 Å². The van der Waals surface area contributed by atoms with Crippen LogP contribution in [0.5, 0.6) is 0 Å². The lowest BCUT2D eigenvalue weighted by atomic mass is 9.90. The van der Waals surface area contributed by atoms with Crippen LogP contribution < -0.4 is 5.73 Å². The molecule has 4 heteroatoms. The molecule has 1 heterocycles. The number of rotatable bonds is 3. The van der Waals surface area contributed by atoms with E-state index in [1.807, 2.05) is 0 Å². The predicted molar refractivity (Wildman–Crippen MR) is 66.4 cm³/mol. The van der Waals surface area contributed by atoms with Gasteiger partial charge in [0.2, 0.25) is 5.89 Å². The molecule has 1 aromatic rings. The second-order valence-electron chi connectivity index (χ2n) is 6.44. The predicted octanol–water partition coefficient (Wildman–Crippen LogP) is 2.78. The quantitative estimate of drug-likeness (QED) is 0.878. The Kier molecular flexibility index (Phi) is 3.25. The first-order valence-corrected chi connectivity index (χ1v) is 6.51. The van der Waals surface area contributed by atoms with Gasteiger partial charge in [-0.05, 0) is 24.7 Å². The molecule has 0 saturated heterocycles. The third-order valence-electron chi connectivity index (χ3n) is 3.49. The van der Waals surface area contributed by atoms with Crippen LogP contribution in [0.3, 0.4) is 0 Å². The minimum atomic E-state index is -0.354. The van der Waals surface area contributed by atoms with Gasteiger partial charge in [-0.2, -0.15) is 4.98 Å². The first kappa shape index (κ1) is 12.6. The van der Waals surface area contributed by atoms with Gasteiger partial charge in [0.25, 0.3) is 0 Å². The molecule has 1 aromatic heterocycles. The molecule has 1 aliphatic rings. The molecule has 0 aromatic carbocycles. The van der Waals surface area contributed by atoms with Gasteiger partial charge in [0.15, 0.2) is 5.82 Å². The van der Waals surface area contributed by atoms with Gasteiger partial charge in [-0.3, -0.25) is 0 Å². The Morgan fingerprint density at radius 1 is 1.29 bits per heavy atom. The topological polar surface area (TPSA) is 64.9 Å². The molecule has 17 heavy (non-hydrogen) atoms. The zero-order valence-electron chi connectivity index (χ0n) is 11.1. The van der Waals surface area contributed by atoms with E-state index in [1.165, 1.54) is 0 Å². The van der Waals surface area contributed by atoms with E-state index in [0.717, 1.165) is 44.3 Å². The number of nitrogens with two attached hydrogens (primary N) is 1. The largest absolute Gasteiger partial charge is 0.337 e. The van der Waals surface area contributed by atoms with Crippen molar-refractivity contribution in [2.24, 2.45) is 11.1 Å². The maximum Gasteiger partial charge on any atom is 0.246 e. The van der Waals surface area contributed by atoms with E-state index in [9.17, 15) is 0 Å². The number of hydrogen-bond acceptors (Lipinski definition) is 4. The molecule has 1 saturated carbocycles. The van der Waals surface area contributed by atoms with Crippen molar-refractivity contribution in [3.63, 3.8) is 0 Å². The monoisotopic (exact) mass is 237 g/mol. The van der Waals surface area contributed by atoms with Gasteiger partial charge in [0.05, 0.1) is 5.54 Å². The molecular formula is C13H23N3O. The summed E-state index contributed by atoms with van der Waals surface area (Å²) in [7, 11) is 0. The van der Waals surface area contributed by atoms with Crippen LogP contribution in [0, 0.1) is 5.41 Å². The Morgan fingerprint density at radius 2 is 1.94 bits per heavy atom. The molecule has 0 radical (unpaired) electrons. The standard InChI is InChI=1S/C13H23N3O/c1-12(2,3)9-6-10-15-11(17-16-10)13(14)7-4-5-8-13/h4-9,14H2,1-3H3. The van der Waals surface area contributed by atoms with Crippen LogP contribution in [-0.4, -0.2) is 10.1 Å². The van der Waals surface area contributed by atoms with Gasteiger partial charge in [-0.25, -0.2) is 0 Å². The molecule has 4 nitrogen and oxygen atoms in total. The Morgan fingerprint density at radius 3 is 2.53 bits per heavy atom. The van der Waals surface area contributed by atoms with E-state index in [-0.39, 0.29) is 5.54 Å². The molecule has 0 atom stereocenters. The first-order chi connectivity index (χ1) is 7.89. The van der Waals surface area contributed by atoms with E-state index >= 15 is 0 Å². The fraction of sp³-hybridized carbons (Fsp3) is 0.846. The van der Waals surface area contributed by atoms with E-state index in [1.54, 1.807) is 0 Å². The average Bonchev–Trinajstić information content (AvgIpc) is 2.83. The minimum Gasteiger partial charge on any atom is -0.337 e. The van der Waals surface area contributed by atoms with Crippen LogP contribution >= 0.6 is 0 Å². The zero-order valence-corrected chi connectivity index (χ0v) is 11.1. The highest BCUT2D eigenvalue weighted by atomic mass is 16.5. The van der Waals surface area contributed by atoms with Crippen LogP contribution in [0.2, 0.25) is 0 Å². The maximum atomic E-state index is 6.28. The van der Waals surface area contributed by atoms with Crippen LogP contribution in [-0.2, 0) is 12.0 Å². The van der Waals surface area contributed by atoms with Crippen molar-refractivity contribution >= 4 is 0 Å². The summed E-state index contributed by atoms with van der Waals surface area (Å²) >= 11 is 0. The van der Waals surface area contributed by atoms with E-state index in [4.69, 9.17) is 10.3 Å². The second kappa shape index (κ2) is 4.41. The lowest BCUT2D eigenvalue weighted by Crippen LogP contribution is -2.33. The fourth-order valence-electron chi connectivity index (χ4n) is 2.26. The summed E-state index contributed by atoms with van der Waals surface area (Å²) in [6.07, 6.45) is 6.18. The SMILES string of the molecule is CC(C)(C)CCc1noc(C2(N)CCCC2)n1. The summed E-state index contributed by atoms with van der Waals surface area (Å²) < 4.78 is 5.33. The second-order valence-corrected chi connectivity index (χ2v) is 6.44. The Bertz CT molecular complexity index is 372. The van der Waals surface area contributed by atoms with Gasteiger partial charge < -0.3 is 10.3 Å². The van der Waals surface area contributed by atoms with Crippen LogP contribution in [0.4, 0.5) is 0 Å². The third-order valence-corrected chi connectivity index (χ3v) is 3.49. The smallest absolute Gasteiger partial charge is 0.246 e. The number of hydrogen-bond donors (Lipinski definition) is 1. The first-order valence-electron chi connectivity index (χ1n) is 6.51. The van der Waals surface area contributed by atoms with Crippen molar-refractivity contribution in [1.82, 2.24) is 10.1 Å². The summed E-state index contributed by atoms with van der Waals surface area (Å²) in [5.74, 6) is 1.44. The van der Waals surface area contributed by atoms with Crippen molar-refractivity contribution < 1.29 is 4.52 Å². The molecule has 0 bridgehead atoms. The van der Waals surface area contributed by atoms with E-state index in [0.29, 0.717) is 11.3 Å². The summed E-state index contributed by atoms with van der Waals surface area (Å²) in [6.45, 7) is 6.65. The summed E-state index contributed by atoms with van der Waals surface area (Å²) in [4.78, 5) is 4.46. The molecule has 96 valence electrons. The average molecular weight is 237 g/mol. The molecular weight excluding hydrogens is 214 g/mol. The number of aromatic nitrogens is 2. The summed E-state index contributed by atoms with van der Waals surface area (Å²) in [5.41, 5.74) is 6.23. The van der Waals surface area contributed by atoms with Crippen LogP contribution in [0.1, 0.15) is 64.6 Å². The highest BCUT2D eigenvalue weighted by Crippen LogP contribution is 2.35. The van der Waals surface area contributed by atoms with Gasteiger partial charge in [0, 0.05) is 6.42 Å². The zero-order chi connectivity index (χ0) is 12.5. The minimum absolute atomic E-state index is 0.300. The van der Waals surface area contributed by atoms with Crippen molar-refractivity contribution in [3.05, 3.63) is 11.7 Å². The van der Waals surface area contributed by atoms with Crippen molar-refractivity contribution in [3.8, 4) is 0 Å². The van der Waals surface area contributed by atoms with Crippen molar-refractivity contribution in [1.29, 1.82) is 0 Å². The molecule has 0 unspecified atom stereocenters. The van der Waals surface area contributed by atoms with Gasteiger partial charge in [0.1, 0.15) is 0 Å². The molecule has 2 rings (SSSR count). The summed E-state index contributed by atoms with van der Waals surface area (Å²) in [6, 6.07) is 0. The van der Waals surface area contributed by atoms with Gasteiger partial charge >= 0.3 is 0 Å². The molecule has 0 amide bonds. The highest BCUT2D eigenvalue weighted by molar-refractivity contribution is 5.04. The fourth-order valence-corrected chi connectivity index (χ4v) is 2.26. The lowest BCUT2D eigenvalue weighted by molar-refractivity contribution is 0.283. The van der Waals surface area contributed by atoms with Gasteiger partial charge in [-0.15, -0.1) is 0 Å².